The number of carbonyl (C=O) groups is 2. The van der Waals surface area contributed by atoms with Gasteiger partial charge in [-0.25, -0.2) is 0 Å². The Hall–Kier alpha value is -4.46. The fourth-order valence-electron chi connectivity index (χ4n) is 3.95. The van der Waals surface area contributed by atoms with Gasteiger partial charge >= 0.3 is 5.97 Å². The van der Waals surface area contributed by atoms with Crippen LogP contribution in [0.2, 0.25) is 0 Å². The van der Waals surface area contributed by atoms with Crippen LogP contribution in [0.5, 0.6) is 0 Å². The van der Waals surface area contributed by atoms with Crippen molar-refractivity contribution in [1.29, 1.82) is 0 Å². The van der Waals surface area contributed by atoms with Gasteiger partial charge in [-0.1, -0.05) is 67.9 Å². The smallest absolute Gasteiger partial charge is 0.305 e. The first-order chi connectivity index (χ1) is 17.9. The third kappa shape index (κ3) is 6.61. The Morgan fingerprint density at radius 2 is 1.65 bits per heavy atom. The van der Waals surface area contributed by atoms with Crippen LogP contribution in [0.3, 0.4) is 0 Å². The first-order valence-electron chi connectivity index (χ1n) is 12.3. The maximum absolute atomic E-state index is 12.2. The summed E-state index contributed by atoms with van der Waals surface area (Å²) in [6.45, 7) is 4.45. The van der Waals surface area contributed by atoms with Gasteiger partial charge in [0.25, 0.3) is 11.8 Å². The highest BCUT2D eigenvalue weighted by molar-refractivity contribution is 5.94. The average Bonchev–Trinajstić information content (AvgIpc) is 3.42. The lowest BCUT2D eigenvalue weighted by Gasteiger charge is -2.26. The van der Waals surface area contributed by atoms with Crippen LogP contribution in [0.1, 0.15) is 48.7 Å². The molecule has 3 N–H and O–H groups in total. The molecule has 1 aromatic heterocycles. The molecule has 0 saturated carbocycles. The third-order valence-electron chi connectivity index (χ3n) is 6.28. The van der Waals surface area contributed by atoms with Crippen molar-refractivity contribution in [2.75, 3.05) is 11.9 Å². The predicted octanol–water partition coefficient (Wildman–Crippen LogP) is 5.81. The number of benzene rings is 3. The molecular weight excluding hydrogens is 468 g/mol. The van der Waals surface area contributed by atoms with Crippen molar-refractivity contribution in [3.05, 3.63) is 90.0 Å². The highest BCUT2D eigenvalue weighted by Gasteiger charge is 2.19. The minimum Gasteiger partial charge on any atom is -0.481 e. The monoisotopic (exact) mass is 498 g/mol. The lowest BCUT2D eigenvalue weighted by molar-refractivity contribution is -0.136. The van der Waals surface area contributed by atoms with Gasteiger partial charge in [-0.15, -0.1) is 0 Å². The van der Waals surface area contributed by atoms with Crippen LogP contribution in [0.25, 0.3) is 22.8 Å². The third-order valence-corrected chi connectivity index (χ3v) is 6.28. The van der Waals surface area contributed by atoms with Gasteiger partial charge in [0.15, 0.2) is 0 Å². The molecule has 4 aromatic rings. The summed E-state index contributed by atoms with van der Waals surface area (Å²) >= 11 is 0. The number of carbonyl (C=O) groups excluding carboxylic acids is 1. The van der Waals surface area contributed by atoms with Crippen molar-refractivity contribution in [3.8, 4) is 22.8 Å². The number of carboxylic acids is 1. The van der Waals surface area contributed by atoms with Crippen LogP contribution in [0.15, 0.2) is 83.4 Å². The average molecular weight is 499 g/mol. The lowest BCUT2D eigenvalue weighted by atomic mass is 9.91. The number of rotatable bonds is 11. The molecule has 0 fully saturated rings. The highest BCUT2D eigenvalue weighted by atomic mass is 16.5. The Morgan fingerprint density at radius 3 is 2.30 bits per heavy atom. The number of aromatic nitrogens is 2. The summed E-state index contributed by atoms with van der Waals surface area (Å²) in [6.07, 6.45) is 0.871. The number of hydrogen-bond donors (Lipinski definition) is 3. The lowest BCUT2D eigenvalue weighted by Crippen LogP contribution is -2.26. The number of aliphatic carboxylic acids is 1. The second-order valence-electron chi connectivity index (χ2n) is 8.90. The number of amides is 1. The molecule has 0 spiro atoms. The summed E-state index contributed by atoms with van der Waals surface area (Å²) in [5.41, 5.74) is 4.25. The molecule has 0 saturated heterocycles. The number of anilines is 1. The Balaban J connectivity index is 1.45. The van der Waals surface area contributed by atoms with Crippen LogP contribution in [-0.2, 0) is 4.79 Å². The number of nitrogens with one attached hydrogen (secondary N) is 2. The van der Waals surface area contributed by atoms with E-state index >= 15 is 0 Å². The topological polar surface area (TPSA) is 117 Å². The van der Waals surface area contributed by atoms with Crippen molar-refractivity contribution in [3.63, 3.8) is 0 Å². The zero-order chi connectivity index (χ0) is 26.2. The molecule has 8 nitrogen and oxygen atoms in total. The SMILES string of the molecule is CCC(C)C(Nc1ccc(C(=O)NCCC(=O)O)cc1)c1ccc(-c2noc(-c3ccccc3)n2)cc1. The normalized spacial score (nSPS) is 12.5. The second-order valence-corrected chi connectivity index (χ2v) is 8.90. The van der Waals surface area contributed by atoms with E-state index in [4.69, 9.17) is 9.63 Å². The van der Waals surface area contributed by atoms with Gasteiger partial charge in [0, 0.05) is 28.9 Å². The van der Waals surface area contributed by atoms with E-state index in [0.717, 1.165) is 28.8 Å². The molecule has 190 valence electrons. The van der Waals surface area contributed by atoms with Gasteiger partial charge in [0.2, 0.25) is 5.82 Å². The Kier molecular flexibility index (Phi) is 8.30. The molecule has 3 aromatic carbocycles. The molecule has 0 radical (unpaired) electrons. The zero-order valence-electron chi connectivity index (χ0n) is 20.8. The predicted molar refractivity (Wildman–Crippen MR) is 142 cm³/mol. The second kappa shape index (κ2) is 12.0. The summed E-state index contributed by atoms with van der Waals surface area (Å²) in [7, 11) is 0. The first kappa shape index (κ1) is 25.6. The largest absolute Gasteiger partial charge is 0.481 e. The molecule has 0 bridgehead atoms. The van der Waals surface area contributed by atoms with Crippen molar-refractivity contribution in [1.82, 2.24) is 15.5 Å². The van der Waals surface area contributed by atoms with Crippen LogP contribution < -0.4 is 10.6 Å². The number of carboxylic acid groups (broad SMARTS) is 1. The standard InChI is InChI=1S/C29H30N4O4/c1-3-19(2)26(31-24-15-13-22(14-16-24)28(36)30-18-17-25(34)35)20-9-11-21(12-10-20)27-32-29(37-33-27)23-7-5-4-6-8-23/h4-16,19,26,31H,3,17-18H2,1-2H3,(H,30,36)(H,34,35). The first-order valence-corrected chi connectivity index (χ1v) is 12.3. The van der Waals surface area contributed by atoms with Gasteiger partial charge in [-0.05, 0) is 47.9 Å². The van der Waals surface area contributed by atoms with Crippen LogP contribution in [-0.4, -0.2) is 33.7 Å². The highest BCUT2D eigenvalue weighted by Crippen LogP contribution is 2.31. The molecule has 4 rings (SSSR count). The van der Waals surface area contributed by atoms with Gasteiger partial charge in [-0.2, -0.15) is 4.98 Å². The van der Waals surface area contributed by atoms with E-state index in [1.54, 1.807) is 12.1 Å². The van der Waals surface area contributed by atoms with Crippen molar-refractivity contribution < 1.29 is 19.2 Å². The van der Waals surface area contributed by atoms with Crippen molar-refractivity contribution >= 4 is 17.6 Å². The minimum absolute atomic E-state index is 0.0550. The quantitative estimate of drug-likeness (QED) is 0.239. The van der Waals surface area contributed by atoms with Gasteiger partial charge in [-0.3, -0.25) is 9.59 Å². The van der Waals surface area contributed by atoms with Gasteiger partial charge in [0.05, 0.1) is 12.5 Å². The van der Waals surface area contributed by atoms with E-state index in [0.29, 0.717) is 23.2 Å². The number of nitrogens with zero attached hydrogens (tertiary/aromatic N) is 2. The minimum atomic E-state index is -0.946. The summed E-state index contributed by atoms with van der Waals surface area (Å²) < 4.78 is 5.45. The van der Waals surface area contributed by atoms with Gasteiger partial charge in [0.1, 0.15) is 0 Å². The van der Waals surface area contributed by atoms with Crippen molar-refractivity contribution in [2.24, 2.45) is 5.92 Å². The zero-order valence-corrected chi connectivity index (χ0v) is 20.8. The number of hydrogen-bond acceptors (Lipinski definition) is 6. The Bertz CT molecular complexity index is 1320. The summed E-state index contributed by atoms with van der Waals surface area (Å²) in [6, 6.07) is 25.0. The van der Waals surface area contributed by atoms with Crippen LogP contribution in [0.4, 0.5) is 5.69 Å². The van der Waals surface area contributed by atoms with E-state index in [-0.39, 0.29) is 24.9 Å². The van der Waals surface area contributed by atoms with Gasteiger partial charge < -0.3 is 20.3 Å². The Labute approximate surface area is 215 Å². The van der Waals surface area contributed by atoms with E-state index < -0.39 is 5.97 Å². The molecule has 2 atom stereocenters. The summed E-state index contributed by atoms with van der Waals surface area (Å²) in [5, 5.41) is 19.1. The van der Waals surface area contributed by atoms with Crippen LogP contribution in [0, 0.1) is 5.92 Å². The molecule has 0 aliphatic heterocycles. The Morgan fingerprint density at radius 1 is 0.946 bits per heavy atom. The fraction of sp³-hybridized carbons (Fsp3) is 0.241. The molecule has 0 aliphatic carbocycles. The molecule has 1 amide bonds. The molecule has 0 aliphatic rings. The van der Waals surface area contributed by atoms with E-state index in [9.17, 15) is 9.59 Å². The molecule has 2 unspecified atom stereocenters. The molecule has 37 heavy (non-hydrogen) atoms. The fourth-order valence-corrected chi connectivity index (χ4v) is 3.95. The van der Waals surface area contributed by atoms with E-state index in [2.05, 4.69) is 46.8 Å². The van der Waals surface area contributed by atoms with Crippen LogP contribution >= 0.6 is 0 Å². The van der Waals surface area contributed by atoms with E-state index in [1.165, 1.54) is 0 Å². The molecule has 8 heteroatoms. The summed E-state index contributed by atoms with van der Waals surface area (Å²) in [5.74, 6) is 0.130. The van der Waals surface area contributed by atoms with Crippen molar-refractivity contribution in [2.45, 2.75) is 32.7 Å². The molecular formula is C29H30N4O4. The summed E-state index contributed by atoms with van der Waals surface area (Å²) in [4.78, 5) is 27.4. The molecule has 1 heterocycles. The van der Waals surface area contributed by atoms with E-state index in [1.807, 2.05) is 54.6 Å². The maximum atomic E-state index is 12.2. The maximum Gasteiger partial charge on any atom is 0.305 e.